The minimum atomic E-state index is -0.499. The number of ether oxygens (including phenoxy) is 1. The maximum absolute atomic E-state index is 11.7. The summed E-state index contributed by atoms with van der Waals surface area (Å²) in [6.45, 7) is 5.77. The Balaban J connectivity index is 2.19. The molecule has 1 N–H and O–H groups in total. The lowest BCUT2D eigenvalue weighted by atomic mass is 10.2. The number of nitrogens with one attached hydrogen (secondary N) is 1. The van der Waals surface area contributed by atoms with Crippen LogP contribution in [-0.2, 0) is 16.1 Å². The second kappa shape index (κ2) is 8.96. The topological polar surface area (TPSA) is 58.6 Å². The fourth-order valence-electron chi connectivity index (χ4n) is 1.78. The molecule has 0 spiro atoms. The molecule has 0 aliphatic heterocycles. The Kier molecular flexibility index (Phi) is 7.17. The summed E-state index contributed by atoms with van der Waals surface area (Å²) in [5, 5.41) is 2.58. The van der Waals surface area contributed by atoms with Crippen molar-refractivity contribution in [2.24, 2.45) is 0 Å². The highest BCUT2D eigenvalue weighted by molar-refractivity contribution is 5.77. The first kappa shape index (κ1) is 16.0. The molecule has 20 heavy (non-hydrogen) atoms. The van der Waals surface area contributed by atoms with Gasteiger partial charge in [0, 0.05) is 26.1 Å². The standard InChI is InChI=1S/C15H22N2O3/c1-3-17(4-2)14(18)10-11-16-15(19)20-12-13-8-6-5-7-9-13/h5-9H,3-4,10-12H2,1-2H3,(H,16,19). The van der Waals surface area contributed by atoms with Gasteiger partial charge in [-0.15, -0.1) is 0 Å². The van der Waals surface area contributed by atoms with Crippen LogP contribution in [0, 0.1) is 0 Å². The first-order valence-electron chi connectivity index (χ1n) is 6.89. The Morgan fingerprint density at radius 2 is 1.80 bits per heavy atom. The van der Waals surface area contributed by atoms with Crippen molar-refractivity contribution in [1.82, 2.24) is 10.2 Å². The summed E-state index contributed by atoms with van der Waals surface area (Å²) in [7, 11) is 0. The lowest BCUT2D eigenvalue weighted by molar-refractivity contribution is -0.130. The monoisotopic (exact) mass is 278 g/mol. The van der Waals surface area contributed by atoms with Crippen LogP contribution in [0.2, 0.25) is 0 Å². The molecule has 0 heterocycles. The van der Waals surface area contributed by atoms with E-state index in [1.165, 1.54) is 0 Å². The first-order valence-corrected chi connectivity index (χ1v) is 6.89. The molecule has 0 bridgehead atoms. The Morgan fingerprint density at radius 1 is 1.15 bits per heavy atom. The molecule has 5 nitrogen and oxygen atoms in total. The number of alkyl carbamates (subject to hydrolysis) is 1. The van der Waals surface area contributed by atoms with E-state index in [0.717, 1.165) is 5.56 Å². The summed E-state index contributed by atoms with van der Waals surface area (Å²) >= 11 is 0. The minimum absolute atomic E-state index is 0.0401. The van der Waals surface area contributed by atoms with Gasteiger partial charge in [-0.1, -0.05) is 30.3 Å². The number of hydrogen-bond acceptors (Lipinski definition) is 3. The molecule has 0 fully saturated rings. The third-order valence-electron chi connectivity index (χ3n) is 2.94. The molecule has 0 aromatic heterocycles. The van der Waals surface area contributed by atoms with Gasteiger partial charge in [-0.3, -0.25) is 4.79 Å². The molecule has 0 aliphatic carbocycles. The molecule has 1 aromatic rings. The number of nitrogens with zero attached hydrogens (tertiary/aromatic N) is 1. The molecule has 110 valence electrons. The van der Waals surface area contributed by atoms with Crippen LogP contribution in [0.25, 0.3) is 0 Å². The second-order valence-corrected chi connectivity index (χ2v) is 4.30. The zero-order valence-corrected chi connectivity index (χ0v) is 12.1. The SMILES string of the molecule is CCN(CC)C(=O)CCNC(=O)OCc1ccccc1. The van der Waals surface area contributed by atoms with Crippen LogP contribution in [-0.4, -0.2) is 36.5 Å². The highest BCUT2D eigenvalue weighted by atomic mass is 16.5. The van der Waals surface area contributed by atoms with Crippen LogP contribution in [0.15, 0.2) is 30.3 Å². The zero-order valence-electron chi connectivity index (χ0n) is 12.1. The summed E-state index contributed by atoms with van der Waals surface area (Å²) in [4.78, 5) is 24.9. The third-order valence-corrected chi connectivity index (χ3v) is 2.94. The van der Waals surface area contributed by atoms with Crippen LogP contribution < -0.4 is 5.32 Å². The van der Waals surface area contributed by atoms with Crippen LogP contribution in [0.4, 0.5) is 4.79 Å². The summed E-state index contributed by atoms with van der Waals surface area (Å²) in [6.07, 6.45) is -0.205. The molecule has 0 unspecified atom stereocenters. The number of benzene rings is 1. The van der Waals surface area contributed by atoms with Gasteiger partial charge in [0.25, 0.3) is 0 Å². The summed E-state index contributed by atoms with van der Waals surface area (Å²) in [5.74, 6) is 0.0401. The van der Waals surface area contributed by atoms with E-state index in [1.54, 1.807) is 4.90 Å². The van der Waals surface area contributed by atoms with Gasteiger partial charge in [0.2, 0.25) is 5.91 Å². The molecular weight excluding hydrogens is 256 g/mol. The summed E-state index contributed by atoms with van der Waals surface area (Å²) in [6, 6.07) is 9.45. The Bertz CT molecular complexity index is 416. The predicted octanol–water partition coefficient (Wildman–Crippen LogP) is 2.17. The number of carbonyl (C=O) groups is 2. The van der Waals surface area contributed by atoms with E-state index < -0.39 is 6.09 Å². The van der Waals surface area contributed by atoms with Crippen molar-refractivity contribution in [2.45, 2.75) is 26.9 Å². The number of rotatable bonds is 7. The van der Waals surface area contributed by atoms with Crippen molar-refractivity contribution in [2.75, 3.05) is 19.6 Å². The fraction of sp³-hybridized carbons (Fsp3) is 0.467. The molecule has 0 radical (unpaired) electrons. The van der Waals surface area contributed by atoms with E-state index in [9.17, 15) is 9.59 Å². The van der Waals surface area contributed by atoms with Crippen LogP contribution in [0.5, 0.6) is 0 Å². The molecule has 0 aliphatic rings. The molecule has 1 rings (SSSR count). The van der Waals surface area contributed by atoms with Crippen LogP contribution in [0.3, 0.4) is 0 Å². The van der Waals surface area contributed by atoms with Crippen LogP contribution in [0.1, 0.15) is 25.8 Å². The number of amides is 2. The highest BCUT2D eigenvalue weighted by Crippen LogP contribution is 2.00. The molecular formula is C15H22N2O3. The van der Waals surface area contributed by atoms with E-state index in [-0.39, 0.29) is 12.5 Å². The van der Waals surface area contributed by atoms with Crippen molar-refractivity contribution < 1.29 is 14.3 Å². The van der Waals surface area contributed by atoms with Gasteiger partial charge in [0.05, 0.1) is 0 Å². The summed E-state index contributed by atoms with van der Waals surface area (Å²) in [5.41, 5.74) is 0.932. The average molecular weight is 278 g/mol. The smallest absolute Gasteiger partial charge is 0.407 e. The number of hydrogen-bond donors (Lipinski definition) is 1. The predicted molar refractivity (Wildman–Crippen MR) is 77.2 cm³/mol. The Labute approximate surface area is 119 Å². The second-order valence-electron chi connectivity index (χ2n) is 4.30. The van der Waals surface area contributed by atoms with Crippen LogP contribution >= 0.6 is 0 Å². The number of carbonyl (C=O) groups excluding carboxylic acids is 2. The van der Waals surface area contributed by atoms with Crippen molar-refractivity contribution in [3.8, 4) is 0 Å². The van der Waals surface area contributed by atoms with Gasteiger partial charge < -0.3 is 15.0 Å². The van der Waals surface area contributed by atoms with E-state index in [4.69, 9.17) is 4.74 Å². The van der Waals surface area contributed by atoms with E-state index in [1.807, 2.05) is 44.2 Å². The third kappa shape index (κ3) is 5.73. The maximum atomic E-state index is 11.7. The van der Waals surface area contributed by atoms with Gasteiger partial charge in [-0.05, 0) is 19.4 Å². The summed E-state index contributed by atoms with van der Waals surface area (Å²) < 4.78 is 5.05. The maximum Gasteiger partial charge on any atom is 0.407 e. The highest BCUT2D eigenvalue weighted by Gasteiger charge is 2.10. The minimum Gasteiger partial charge on any atom is -0.445 e. The largest absolute Gasteiger partial charge is 0.445 e. The molecule has 2 amide bonds. The zero-order chi connectivity index (χ0) is 14.8. The lowest BCUT2D eigenvalue weighted by Crippen LogP contribution is -2.34. The van der Waals surface area contributed by atoms with E-state index in [2.05, 4.69) is 5.32 Å². The van der Waals surface area contributed by atoms with Crippen molar-refractivity contribution >= 4 is 12.0 Å². The van der Waals surface area contributed by atoms with Crippen molar-refractivity contribution in [3.05, 3.63) is 35.9 Å². The fourth-order valence-corrected chi connectivity index (χ4v) is 1.78. The molecule has 0 atom stereocenters. The molecule has 0 saturated carbocycles. The normalized spacial score (nSPS) is 9.90. The van der Waals surface area contributed by atoms with Gasteiger partial charge in [-0.2, -0.15) is 0 Å². The van der Waals surface area contributed by atoms with Gasteiger partial charge in [0.1, 0.15) is 6.61 Å². The quantitative estimate of drug-likeness (QED) is 0.831. The van der Waals surface area contributed by atoms with Gasteiger partial charge in [-0.25, -0.2) is 4.79 Å². The Morgan fingerprint density at radius 3 is 2.40 bits per heavy atom. The van der Waals surface area contributed by atoms with Crippen molar-refractivity contribution in [3.63, 3.8) is 0 Å². The van der Waals surface area contributed by atoms with Gasteiger partial charge >= 0.3 is 6.09 Å². The average Bonchev–Trinajstić information content (AvgIpc) is 2.47. The first-order chi connectivity index (χ1) is 9.67. The molecule has 1 aromatic carbocycles. The van der Waals surface area contributed by atoms with E-state index >= 15 is 0 Å². The molecule has 0 saturated heterocycles. The Hall–Kier alpha value is -2.04. The lowest BCUT2D eigenvalue weighted by Gasteiger charge is -2.18. The van der Waals surface area contributed by atoms with E-state index in [0.29, 0.717) is 26.1 Å². The van der Waals surface area contributed by atoms with Gasteiger partial charge in [0.15, 0.2) is 0 Å². The van der Waals surface area contributed by atoms with Crippen molar-refractivity contribution in [1.29, 1.82) is 0 Å². The molecule has 5 heteroatoms.